The molecule has 0 spiro atoms. The van der Waals surface area contributed by atoms with Gasteiger partial charge in [0.2, 0.25) is 0 Å². The first-order chi connectivity index (χ1) is 9.87. The third-order valence-corrected chi connectivity index (χ3v) is 3.77. The fourth-order valence-electron chi connectivity index (χ4n) is 2.86. The number of hydrogen-bond acceptors (Lipinski definition) is 4. The molecule has 0 saturated carbocycles. The van der Waals surface area contributed by atoms with E-state index >= 15 is 0 Å². The number of amidine groups is 1. The third kappa shape index (κ3) is 3.68. The molecule has 0 aromatic carbocycles. The largest absolute Gasteiger partial charge is 0.409 e. The van der Waals surface area contributed by atoms with E-state index in [9.17, 15) is 0 Å². The fraction of sp³-hybridized carbons (Fsp3) is 0.733. The number of aromatic nitrogens is 2. The Morgan fingerprint density at radius 3 is 2.38 bits per heavy atom. The van der Waals surface area contributed by atoms with E-state index in [0.29, 0.717) is 12.0 Å². The van der Waals surface area contributed by atoms with Crippen LogP contribution in [-0.4, -0.2) is 33.4 Å². The molecule has 0 atom stereocenters. The molecule has 0 fully saturated rings. The third-order valence-electron chi connectivity index (χ3n) is 3.77. The topological polar surface area (TPSA) is 79.7 Å². The Kier molecular flexibility index (Phi) is 6.05. The number of oxime groups is 1. The van der Waals surface area contributed by atoms with Crippen molar-refractivity contribution in [2.75, 3.05) is 11.4 Å². The lowest BCUT2D eigenvalue weighted by Gasteiger charge is -2.34. The number of hydrogen-bond donors (Lipinski definition) is 2. The zero-order chi connectivity index (χ0) is 16.2. The molecule has 6 heteroatoms. The highest BCUT2D eigenvalue weighted by Crippen LogP contribution is 2.27. The minimum Gasteiger partial charge on any atom is -0.409 e. The van der Waals surface area contributed by atoms with E-state index in [4.69, 9.17) is 10.9 Å². The lowest BCUT2D eigenvalue weighted by atomic mass is 10.1. The summed E-state index contributed by atoms with van der Waals surface area (Å²) >= 11 is 0. The lowest BCUT2D eigenvalue weighted by molar-refractivity contribution is 0.318. The van der Waals surface area contributed by atoms with Gasteiger partial charge in [-0.3, -0.25) is 4.68 Å². The Balaban J connectivity index is 3.42. The summed E-state index contributed by atoms with van der Waals surface area (Å²) in [6.07, 6.45) is 2.09. The van der Waals surface area contributed by atoms with Gasteiger partial charge in [0.1, 0.15) is 5.82 Å². The number of anilines is 1. The number of rotatable bonds is 7. The van der Waals surface area contributed by atoms with Crippen molar-refractivity contribution in [1.29, 1.82) is 0 Å². The van der Waals surface area contributed by atoms with Crippen molar-refractivity contribution in [3.05, 3.63) is 11.3 Å². The minimum absolute atomic E-state index is 0.121. The quantitative estimate of drug-likeness (QED) is 0.350. The van der Waals surface area contributed by atoms with Crippen LogP contribution in [0, 0.1) is 12.8 Å². The highest BCUT2D eigenvalue weighted by Gasteiger charge is 2.26. The van der Waals surface area contributed by atoms with Crippen LogP contribution in [0.3, 0.4) is 0 Å². The monoisotopic (exact) mass is 295 g/mol. The van der Waals surface area contributed by atoms with Gasteiger partial charge >= 0.3 is 0 Å². The van der Waals surface area contributed by atoms with Gasteiger partial charge in [-0.1, -0.05) is 32.9 Å². The molecule has 6 nitrogen and oxygen atoms in total. The van der Waals surface area contributed by atoms with Gasteiger partial charge < -0.3 is 15.8 Å². The normalized spacial score (nSPS) is 12.5. The second kappa shape index (κ2) is 7.33. The van der Waals surface area contributed by atoms with Gasteiger partial charge in [-0.25, -0.2) is 0 Å². The highest BCUT2D eigenvalue weighted by molar-refractivity contribution is 6.02. The molecule has 0 unspecified atom stereocenters. The zero-order valence-electron chi connectivity index (χ0n) is 14.1. The lowest BCUT2D eigenvalue weighted by Crippen LogP contribution is -2.40. The molecule has 21 heavy (non-hydrogen) atoms. The van der Waals surface area contributed by atoms with Gasteiger partial charge in [0, 0.05) is 19.6 Å². The van der Waals surface area contributed by atoms with Crippen LogP contribution in [0.2, 0.25) is 0 Å². The average molecular weight is 295 g/mol. The van der Waals surface area contributed by atoms with Crippen LogP contribution in [0.4, 0.5) is 5.82 Å². The first-order valence-electron chi connectivity index (χ1n) is 7.65. The fourth-order valence-corrected chi connectivity index (χ4v) is 2.86. The maximum atomic E-state index is 9.07. The second-order valence-electron chi connectivity index (χ2n) is 5.91. The summed E-state index contributed by atoms with van der Waals surface area (Å²) in [4.78, 5) is 2.35. The van der Waals surface area contributed by atoms with E-state index in [1.807, 2.05) is 18.7 Å². The van der Waals surface area contributed by atoms with Crippen LogP contribution >= 0.6 is 0 Å². The van der Waals surface area contributed by atoms with E-state index in [2.05, 4.69) is 42.8 Å². The van der Waals surface area contributed by atoms with E-state index in [-0.39, 0.29) is 5.84 Å². The molecule has 1 rings (SSSR count). The Morgan fingerprint density at radius 1 is 1.38 bits per heavy atom. The summed E-state index contributed by atoms with van der Waals surface area (Å²) in [6, 6.07) is 0.410. The summed E-state index contributed by atoms with van der Waals surface area (Å²) in [7, 11) is 1.91. The molecule has 3 N–H and O–H groups in total. The van der Waals surface area contributed by atoms with Gasteiger partial charge in [0.25, 0.3) is 0 Å². The molecule has 1 aromatic rings. The van der Waals surface area contributed by atoms with Crippen molar-refractivity contribution in [2.24, 2.45) is 23.9 Å². The van der Waals surface area contributed by atoms with Crippen molar-refractivity contribution in [3.63, 3.8) is 0 Å². The van der Waals surface area contributed by atoms with Gasteiger partial charge in [0.05, 0.1) is 11.3 Å². The van der Waals surface area contributed by atoms with Crippen molar-refractivity contribution in [3.8, 4) is 0 Å². The van der Waals surface area contributed by atoms with Gasteiger partial charge in [-0.2, -0.15) is 5.10 Å². The highest BCUT2D eigenvalue weighted by atomic mass is 16.4. The standard InChI is InChI=1S/C15H29N5O/c1-7-12(8-2)20(9-10(3)4)15-13(14(16)18-21)11(5)17-19(15)6/h10,12,21H,7-9H2,1-6H3,(H2,16,18). The summed E-state index contributed by atoms with van der Waals surface area (Å²) in [6.45, 7) is 11.6. The van der Waals surface area contributed by atoms with Crippen molar-refractivity contribution in [1.82, 2.24) is 9.78 Å². The molecule has 0 aliphatic carbocycles. The summed E-state index contributed by atoms with van der Waals surface area (Å²) < 4.78 is 1.84. The van der Waals surface area contributed by atoms with E-state index < -0.39 is 0 Å². The minimum atomic E-state index is 0.121. The summed E-state index contributed by atoms with van der Waals surface area (Å²) in [5.41, 5.74) is 7.39. The second-order valence-corrected chi connectivity index (χ2v) is 5.91. The Morgan fingerprint density at radius 2 is 1.95 bits per heavy atom. The number of nitrogens with zero attached hydrogens (tertiary/aromatic N) is 4. The van der Waals surface area contributed by atoms with Crippen LogP contribution in [-0.2, 0) is 7.05 Å². The maximum absolute atomic E-state index is 9.07. The summed E-state index contributed by atoms with van der Waals surface area (Å²) in [5, 5.41) is 16.7. The Labute approximate surface area is 127 Å². The molecule has 0 radical (unpaired) electrons. The Bertz CT molecular complexity index is 488. The van der Waals surface area contributed by atoms with E-state index in [1.165, 1.54) is 0 Å². The van der Waals surface area contributed by atoms with Crippen molar-refractivity contribution < 1.29 is 5.21 Å². The van der Waals surface area contributed by atoms with Crippen LogP contribution in [0.1, 0.15) is 51.8 Å². The SMILES string of the molecule is CCC(CC)N(CC(C)C)c1c(C(N)=NO)c(C)nn1C. The number of aryl methyl sites for hydroxylation is 2. The number of nitrogens with two attached hydrogens (primary N) is 1. The molecular formula is C15H29N5O. The predicted octanol–water partition coefficient (Wildman–Crippen LogP) is 2.47. The summed E-state index contributed by atoms with van der Waals surface area (Å²) in [5.74, 6) is 1.57. The average Bonchev–Trinajstić information content (AvgIpc) is 2.72. The van der Waals surface area contributed by atoms with Crippen LogP contribution in [0.15, 0.2) is 5.16 Å². The van der Waals surface area contributed by atoms with Crippen LogP contribution < -0.4 is 10.6 Å². The first kappa shape index (κ1) is 17.3. The molecule has 0 amide bonds. The molecular weight excluding hydrogens is 266 g/mol. The van der Waals surface area contributed by atoms with Crippen LogP contribution in [0.25, 0.3) is 0 Å². The van der Waals surface area contributed by atoms with Gasteiger partial charge in [-0.05, 0) is 25.7 Å². The molecule has 1 aromatic heterocycles. The van der Waals surface area contributed by atoms with Crippen LogP contribution in [0.5, 0.6) is 0 Å². The van der Waals surface area contributed by atoms with Crippen molar-refractivity contribution in [2.45, 2.75) is 53.5 Å². The smallest absolute Gasteiger partial charge is 0.175 e. The van der Waals surface area contributed by atoms with E-state index in [0.717, 1.165) is 36.5 Å². The maximum Gasteiger partial charge on any atom is 0.175 e. The molecule has 0 aliphatic heterocycles. The first-order valence-corrected chi connectivity index (χ1v) is 7.65. The molecule has 1 heterocycles. The van der Waals surface area contributed by atoms with Gasteiger partial charge in [0.15, 0.2) is 5.84 Å². The molecule has 0 aliphatic rings. The molecule has 120 valence electrons. The molecule has 0 bridgehead atoms. The predicted molar refractivity (Wildman–Crippen MR) is 87.0 cm³/mol. The Hall–Kier alpha value is -1.72. The van der Waals surface area contributed by atoms with E-state index in [1.54, 1.807) is 0 Å². The zero-order valence-corrected chi connectivity index (χ0v) is 14.1. The van der Waals surface area contributed by atoms with Gasteiger partial charge in [-0.15, -0.1) is 0 Å². The molecule has 0 saturated heterocycles. The van der Waals surface area contributed by atoms with Crippen molar-refractivity contribution >= 4 is 11.7 Å².